The van der Waals surface area contributed by atoms with E-state index in [0.29, 0.717) is 0 Å². The Labute approximate surface area is 97.0 Å². The number of halogens is 4. The van der Waals surface area contributed by atoms with Crippen molar-refractivity contribution < 1.29 is 48.2 Å². The number of rotatable bonds is 8. The summed E-state index contributed by atoms with van der Waals surface area (Å²) in [4.78, 5) is 0. The van der Waals surface area contributed by atoms with E-state index in [1.54, 1.807) is 0 Å². The van der Waals surface area contributed by atoms with Gasteiger partial charge in [-0.1, -0.05) is 0 Å². The van der Waals surface area contributed by atoms with Crippen LogP contribution >= 0.6 is 0 Å². The van der Waals surface area contributed by atoms with E-state index in [-0.39, 0.29) is 0 Å². The first-order valence-electron chi connectivity index (χ1n) is 3.53. The molecule has 2 atom stereocenters. The molecule has 2 N–H and O–H groups in total. The molecule has 17 heavy (non-hydrogen) atoms. The molecule has 7 nitrogen and oxygen atoms in total. The Hall–Kier alpha value is -0.180. The molecule has 0 saturated heterocycles. The van der Waals surface area contributed by atoms with Gasteiger partial charge in [-0.15, -0.1) is 0 Å². The van der Waals surface area contributed by atoms with Crippen LogP contribution in [0, 0.1) is 0 Å². The van der Waals surface area contributed by atoms with Gasteiger partial charge in [0.15, 0.2) is 0 Å². The Kier molecular flexibility index (Phi) is 6.60. The van der Waals surface area contributed by atoms with E-state index in [4.69, 9.17) is 9.66 Å². The van der Waals surface area contributed by atoms with Crippen molar-refractivity contribution in [2.24, 2.45) is 0 Å². The van der Waals surface area contributed by atoms with E-state index < -0.39 is 48.2 Å². The van der Waals surface area contributed by atoms with Crippen molar-refractivity contribution in [3.05, 3.63) is 0 Å². The Morgan fingerprint density at radius 1 is 1.06 bits per heavy atom. The van der Waals surface area contributed by atoms with E-state index in [9.17, 15) is 26.0 Å². The molecular weight excluding hydrogens is 300 g/mol. The topological polar surface area (TPSA) is 102 Å². The average molecular weight is 306 g/mol. The molecule has 13 heteroatoms. The molecular formula is C4H6F4O7S2. The second-order valence-corrected chi connectivity index (χ2v) is 3.69. The van der Waals surface area contributed by atoms with Crippen LogP contribution in [-0.4, -0.2) is 43.5 Å². The van der Waals surface area contributed by atoms with Crippen LogP contribution in [0.3, 0.4) is 0 Å². The lowest BCUT2D eigenvalue weighted by Gasteiger charge is -2.19. The normalized spacial score (nSPS) is 16.8. The molecule has 0 heterocycles. The van der Waals surface area contributed by atoms with Crippen LogP contribution in [0.2, 0.25) is 0 Å². The summed E-state index contributed by atoms with van der Waals surface area (Å²) in [5, 5.41) is 7.64. The van der Waals surface area contributed by atoms with Gasteiger partial charge in [-0.25, -0.2) is 0 Å². The molecule has 0 aliphatic carbocycles. The van der Waals surface area contributed by atoms with E-state index >= 15 is 0 Å². The summed E-state index contributed by atoms with van der Waals surface area (Å²) in [6, 6.07) is 0. The van der Waals surface area contributed by atoms with Crippen LogP contribution in [0.25, 0.3) is 0 Å². The second kappa shape index (κ2) is 6.67. The highest BCUT2D eigenvalue weighted by molar-refractivity contribution is 7.75. The van der Waals surface area contributed by atoms with Gasteiger partial charge in [-0.3, -0.25) is 12.9 Å². The van der Waals surface area contributed by atoms with E-state index in [2.05, 4.69) is 12.5 Å². The van der Waals surface area contributed by atoms with E-state index in [0.717, 1.165) is 0 Å². The first kappa shape index (κ1) is 16.8. The molecule has 0 aliphatic rings. The van der Waals surface area contributed by atoms with Crippen molar-refractivity contribution in [2.75, 3.05) is 13.2 Å². The van der Waals surface area contributed by atoms with Crippen LogP contribution in [0.15, 0.2) is 0 Å². The summed E-state index contributed by atoms with van der Waals surface area (Å²) in [6.45, 7) is -1.37. The van der Waals surface area contributed by atoms with Gasteiger partial charge in [-0.05, 0) is 0 Å². The van der Waals surface area contributed by atoms with E-state index in [1.165, 1.54) is 0 Å². The standard InChI is InChI=1S/C4H6F4O7S2/c5-3(6,9)4(7,8)15-17(12)14-2-1-13-16(10)11/h9H,1-2H2,(H,10,11). The number of aliphatic hydroxyl groups is 1. The third-order valence-corrected chi connectivity index (χ3v) is 2.04. The summed E-state index contributed by atoms with van der Waals surface area (Å²) in [7, 11) is 0. The lowest BCUT2D eigenvalue weighted by molar-refractivity contribution is -0.391. The lowest BCUT2D eigenvalue weighted by atomic mass is 10.6. The molecule has 0 aliphatic heterocycles. The lowest BCUT2D eigenvalue weighted by Crippen LogP contribution is -2.43. The SMILES string of the molecule is O=S(O)OCCOS(=O)OC(F)(F)C(O)(F)F. The van der Waals surface area contributed by atoms with E-state index in [1.807, 2.05) is 0 Å². The van der Waals surface area contributed by atoms with Gasteiger partial charge < -0.3 is 5.11 Å². The zero-order valence-electron chi connectivity index (χ0n) is 7.68. The van der Waals surface area contributed by atoms with Gasteiger partial charge in [0.25, 0.3) is 0 Å². The molecule has 0 radical (unpaired) electrons. The first-order valence-corrected chi connectivity index (χ1v) is 5.56. The fourth-order valence-corrected chi connectivity index (χ4v) is 1.10. The fraction of sp³-hybridized carbons (Fsp3) is 1.00. The largest absolute Gasteiger partial charge is 0.462 e. The Bertz CT molecular complexity index is 292. The molecule has 0 amide bonds. The number of hydrogen-bond donors (Lipinski definition) is 2. The highest BCUT2D eigenvalue weighted by atomic mass is 32.2. The predicted molar refractivity (Wildman–Crippen MR) is 44.0 cm³/mol. The summed E-state index contributed by atoms with van der Waals surface area (Å²) in [6.07, 6.45) is -10.9. The van der Waals surface area contributed by atoms with Crippen molar-refractivity contribution in [3.8, 4) is 0 Å². The number of hydrogen-bond acceptors (Lipinski definition) is 6. The molecule has 0 spiro atoms. The Morgan fingerprint density at radius 3 is 1.94 bits per heavy atom. The zero-order valence-corrected chi connectivity index (χ0v) is 9.31. The van der Waals surface area contributed by atoms with Crippen LogP contribution in [0.4, 0.5) is 17.6 Å². The molecule has 0 bridgehead atoms. The molecule has 104 valence electrons. The summed E-state index contributed by atoms with van der Waals surface area (Å²) < 4.78 is 87.1. The van der Waals surface area contributed by atoms with Crippen molar-refractivity contribution in [2.45, 2.75) is 12.2 Å². The minimum atomic E-state index is -5.53. The van der Waals surface area contributed by atoms with Crippen LogP contribution < -0.4 is 0 Å². The summed E-state index contributed by atoms with van der Waals surface area (Å²) >= 11 is -5.94. The second-order valence-electron chi connectivity index (χ2n) is 2.21. The van der Waals surface area contributed by atoms with Crippen molar-refractivity contribution in [1.29, 1.82) is 0 Å². The maximum Gasteiger partial charge on any atom is 0.462 e. The van der Waals surface area contributed by atoms with Crippen molar-refractivity contribution in [3.63, 3.8) is 0 Å². The highest BCUT2D eigenvalue weighted by Crippen LogP contribution is 2.33. The van der Waals surface area contributed by atoms with Gasteiger partial charge >= 0.3 is 34.9 Å². The molecule has 0 fully saturated rings. The Balaban J connectivity index is 3.98. The maximum absolute atomic E-state index is 12.2. The molecule has 0 saturated carbocycles. The number of alkyl halides is 4. The average Bonchev–Trinajstić information content (AvgIpc) is 2.09. The third kappa shape index (κ3) is 6.97. The van der Waals surface area contributed by atoms with Crippen LogP contribution in [0.5, 0.6) is 0 Å². The smallest absolute Gasteiger partial charge is 0.329 e. The molecule has 0 aromatic heterocycles. The molecule has 0 aromatic carbocycles. The predicted octanol–water partition coefficient (Wildman–Crippen LogP) is -0.0705. The quantitative estimate of drug-likeness (QED) is 0.367. The summed E-state index contributed by atoms with van der Waals surface area (Å²) in [5.74, 6) is 0. The molecule has 0 aromatic rings. The van der Waals surface area contributed by atoms with Crippen LogP contribution in [-0.2, 0) is 35.3 Å². The van der Waals surface area contributed by atoms with Gasteiger partial charge in [0.1, 0.15) is 0 Å². The van der Waals surface area contributed by atoms with Crippen molar-refractivity contribution >= 4 is 22.7 Å². The fourth-order valence-electron chi connectivity index (χ4n) is 0.367. The van der Waals surface area contributed by atoms with Gasteiger partial charge in [0.05, 0.1) is 13.2 Å². The van der Waals surface area contributed by atoms with Crippen molar-refractivity contribution in [1.82, 2.24) is 0 Å². The monoisotopic (exact) mass is 306 g/mol. The minimum absolute atomic E-state index is 0.626. The third-order valence-electron chi connectivity index (χ3n) is 0.970. The first-order chi connectivity index (χ1) is 7.56. The highest BCUT2D eigenvalue weighted by Gasteiger charge is 2.59. The summed E-state index contributed by atoms with van der Waals surface area (Å²) in [5.41, 5.74) is 0. The van der Waals surface area contributed by atoms with Crippen LogP contribution in [0.1, 0.15) is 0 Å². The minimum Gasteiger partial charge on any atom is -0.329 e. The van der Waals surface area contributed by atoms with Gasteiger partial charge in [0.2, 0.25) is 0 Å². The van der Waals surface area contributed by atoms with Gasteiger partial charge in [-0.2, -0.15) is 30.2 Å². The maximum atomic E-state index is 12.2. The van der Waals surface area contributed by atoms with Gasteiger partial charge in [0, 0.05) is 0 Å². The molecule has 0 rings (SSSR count). The Morgan fingerprint density at radius 2 is 1.53 bits per heavy atom. The zero-order chi connectivity index (χ0) is 13.7. The molecule has 2 unspecified atom stereocenters.